The predicted molar refractivity (Wildman–Crippen MR) is 103 cm³/mol. The summed E-state index contributed by atoms with van der Waals surface area (Å²) in [4.78, 5) is 12.0. The van der Waals surface area contributed by atoms with E-state index in [-0.39, 0.29) is 5.31 Å². The Balaban J connectivity index is 2.42. The molecule has 1 N–H and O–H groups in total. The van der Waals surface area contributed by atoms with Gasteiger partial charge in [0, 0.05) is 0 Å². The molecule has 0 aliphatic rings. The van der Waals surface area contributed by atoms with Crippen LogP contribution in [0.2, 0.25) is 0 Å². The Morgan fingerprint density at radius 1 is 0.667 bits per heavy atom. The van der Waals surface area contributed by atoms with Crippen molar-refractivity contribution in [2.75, 3.05) is 0 Å². The van der Waals surface area contributed by atoms with Gasteiger partial charge in [0.2, 0.25) is 0 Å². The molecule has 24 heavy (non-hydrogen) atoms. The van der Waals surface area contributed by atoms with E-state index in [0.29, 0.717) is 0 Å². The first-order valence-electron chi connectivity index (χ1n) is 7.76. The minimum absolute atomic E-state index is 0.270. The van der Waals surface area contributed by atoms with Gasteiger partial charge in [0.1, 0.15) is 0 Å². The first kappa shape index (κ1) is 16.2. The Hall–Kier alpha value is -2.70. The summed E-state index contributed by atoms with van der Waals surface area (Å²) in [7, 11) is -2.88. The van der Waals surface area contributed by atoms with Gasteiger partial charge in [-0.15, -0.1) is 0 Å². The van der Waals surface area contributed by atoms with E-state index in [1.54, 1.807) is 0 Å². The van der Waals surface area contributed by atoms with E-state index in [9.17, 15) is 9.90 Å². The topological polar surface area (TPSA) is 37.3 Å². The summed E-state index contributed by atoms with van der Waals surface area (Å²) in [5.41, 5.74) is 0. The third-order valence-electron chi connectivity index (χ3n) is 4.33. The van der Waals surface area contributed by atoms with E-state index in [4.69, 9.17) is 0 Å². The molecule has 0 heterocycles. The van der Waals surface area contributed by atoms with Crippen LogP contribution in [-0.4, -0.2) is 11.1 Å². The fraction of sp³-hybridized carbons (Fsp3) is 0. The van der Waals surface area contributed by atoms with Gasteiger partial charge in [-0.25, -0.2) is 0 Å². The second kappa shape index (κ2) is 6.82. The van der Waals surface area contributed by atoms with Crippen molar-refractivity contribution in [3.8, 4) is 0 Å². The van der Waals surface area contributed by atoms with Crippen LogP contribution < -0.4 is 15.9 Å². The second-order valence-corrected chi connectivity index (χ2v) is 9.47. The first-order valence-corrected chi connectivity index (χ1v) is 9.76. The number of benzene rings is 3. The van der Waals surface area contributed by atoms with E-state index in [2.05, 4.69) is 6.58 Å². The molecule has 0 saturated heterocycles. The van der Waals surface area contributed by atoms with Crippen LogP contribution in [0.5, 0.6) is 0 Å². The van der Waals surface area contributed by atoms with Crippen LogP contribution in [0.4, 0.5) is 0 Å². The molecule has 0 aromatic heterocycles. The van der Waals surface area contributed by atoms with Crippen molar-refractivity contribution in [3.63, 3.8) is 0 Å². The molecule has 3 aromatic rings. The quantitative estimate of drug-likeness (QED) is 0.574. The Kier molecular flexibility index (Phi) is 4.59. The third kappa shape index (κ3) is 2.66. The molecular weight excluding hydrogens is 315 g/mol. The van der Waals surface area contributed by atoms with Gasteiger partial charge >= 0.3 is 142 Å². The summed E-state index contributed by atoms with van der Waals surface area (Å²) < 4.78 is 0. The van der Waals surface area contributed by atoms with Crippen LogP contribution in [0.25, 0.3) is 0 Å². The van der Waals surface area contributed by atoms with Crippen LogP contribution >= 0.6 is 7.26 Å². The van der Waals surface area contributed by atoms with Crippen molar-refractivity contribution in [3.05, 3.63) is 103 Å². The fourth-order valence-electron chi connectivity index (χ4n) is 3.25. The molecule has 0 atom stereocenters. The zero-order valence-corrected chi connectivity index (χ0v) is 14.2. The maximum atomic E-state index is 12.0. The van der Waals surface area contributed by atoms with Crippen molar-refractivity contribution in [1.82, 2.24) is 0 Å². The molecule has 3 rings (SSSR count). The SMILES string of the molecule is C=C(C(=O)O)[PH](c1ccccc1)(c1ccccc1)c1ccccc1. The zero-order chi connectivity index (χ0) is 17.0. The Bertz CT molecular complexity index is 746. The van der Waals surface area contributed by atoms with Crippen molar-refractivity contribution < 1.29 is 9.90 Å². The Labute approximate surface area is 142 Å². The third-order valence-corrected chi connectivity index (χ3v) is 9.05. The molecule has 3 heteroatoms. The molecule has 0 unspecified atom stereocenters. The summed E-state index contributed by atoms with van der Waals surface area (Å²) in [6, 6.07) is 29.7. The van der Waals surface area contributed by atoms with Crippen LogP contribution in [-0.2, 0) is 4.79 Å². The normalized spacial score (nSPS) is 11.7. The average molecular weight is 334 g/mol. The van der Waals surface area contributed by atoms with Crippen molar-refractivity contribution in [2.24, 2.45) is 0 Å². The molecule has 0 bridgehead atoms. The zero-order valence-electron chi connectivity index (χ0n) is 13.2. The van der Waals surface area contributed by atoms with Crippen LogP contribution in [0, 0.1) is 0 Å². The molecule has 120 valence electrons. The summed E-state index contributed by atoms with van der Waals surface area (Å²) in [5.74, 6) is -0.946. The first-order chi connectivity index (χ1) is 11.7. The van der Waals surface area contributed by atoms with Gasteiger partial charge in [0.15, 0.2) is 0 Å². The number of rotatable bonds is 5. The predicted octanol–water partition coefficient (Wildman–Crippen LogP) is 3.31. The second-order valence-electron chi connectivity index (χ2n) is 5.63. The number of hydrogen-bond acceptors (Lipinski definition) is 1. The molecule has 0 radical (unpaired) electrons. The summed E-state index contributed by atoms with van der Waals surface area (Å²) in [5, 5.41) is 13.2. The average Bonchev–Trinajstić information content (AvgIpc) is 2.65. The number of carbonyl (C=O) groups is 1. The summed E-state index contributed by atoms with van der Waals surface area (Å²) in [6.45, 7) is 4.02. The van der Waals surface area contributed by atoms with Gasteiger partial charge in [-0.05, 0) is 0 Å². The number of aliphatic carboxylic acids is 1. The van der Waals surface area contributed by atoms with Crippen LogP contribution in [0.3, 0.4) is 0 Å². The van der Waals surface area contributed by atoms with E-state index in [1.165, 1.54) is 0 Å². The van der Waals surface area contributed by atoms with E-state index in [1.807, 2.05) is 91.0 Å². The van der Waals surface area contributed by atoms with Gasteiger partial charge in [-0.3, -0.25) is 0 Å². The summed E-state index contributed by atoms with van der Waals surface area (Å²) >= 11 is 0. The number of carboxylic acid groups (broad SMARTS) is 1. The molecule has 2 nitrogen and oxygen atoms in total. The molecule has 0 aliphatic heterocycles. The molecular formula is C21H19O2P. The molecule has 0 fully saturated rings. The fourth-order valence-corrected chi connectivity index (χ4v) is 7.69. The Morgan fingerprint density at radius 2 is 0.958 bits per heavy atom. The van der Waals surface area contributed by atoms with Gasteiger partial charge in [-0.1, -0.05) is 0 Å². The van der Waals surface area contributed by atoms with E-state index >= 15 is 0 Å². The van der Waals surface area contributed by atoms with Gasteiger partial charge < -0.3 is 0 Å². The van der Waals surface area contributed by atoms with Crippen LogP contribution in [0.15, 0.2) is 103 Å². The van der Waals surface area contributed by atoms with Crippen molar-refractivity contribution in [1.29, 1.82) is 0 Å². The van der Waals surface area contributed by atoms with Crippen molar-refractivity contribution in [2.45, 2.75) is 0 Å². The van der Waals surface area contributed by atoms with Crippen molar-refractivity contribution >= 4 is 29.1 Å². The molecule has 0 spiro atoms. The number of hydrogen-bond donors (Lipinski definition) is 1. The molecule has 0 amide bonds. The van der Waals surface area contributed by atoms with E-state index < -0.39 is 13.2 Å². The molecule has 0 saturated carbocycles. The Morgan fingerprint density at radius 3 is 1.21 bits per heavy atom. The molecule has 0 aliphatic carbocycles. The monoisotopic (exact) mass is 334 g/mol. The maximum absolute atomic E-state index is 12.0. The summed E-state index contributed by atoms with van der Waals surface area (Å²) in [6.07, 6.45) is 0. The van der Waals surface area contributed by atoms with Gasteiger partial charge in [0.05, 0.1) is 0 Å². The molecule has 3 aromatic carbocycles. The van der Waals surface area contributed by atoms with E-state index in [0.717, 1.165) is 15.9 Å². The van der Waals surface area contributed by atoms with Gasteiger partial charge in [0.25, 0.3) is 0 Å². The number of carboxylic acids is 1. The standard InChI is InChI=1S/C21H19O2P/c1-17(21(22)23)24(18-11-5-2-6-12-18,19-13-7-3-8-14-19)20-15-9-4-10-16-20/h2-16,24H,1H2,(H,22,23). The van der Waals surface area contributed by atoms with Gasteiger partial charge in [-0.2, -0.15) is 0 Å². The minimum atomic E-state index is -2.88. The van der Waals surface area contributed by atoms with Crippen LogP contribution in [0.1, 0.15) is 0 Å².